The van der Waals surface area contributed by atoms with E-state index < -0.39 is 23.8 Å². The van der Waals surface area contributed by atoms with Crippen molar-refractivity contribution in [2.75, 3.05) is 17.3 Å². The van der Waals surface area contributed by atoms with Crippen LogP contribution in [0, 0.1) is 0 Å². The summed E-state index contributed by atoms with van der Waals surface area (Å²) in [5.41, 5.74) is 1.38. The number of benzene rings is 3. The SMILES string of the molecule is COC(=O)c1ccc(OC(=O)c2ccc(NC3=C(Cl)C(=O)N(c4ccccc4)C3=O)cc2)cc1. The molecule has 3 aromatic carbocycles. The quantitative estimate of drug-likeness (QED) is 0.324. The number of rotatable bonds is 6. The van der Waals surface area contributed by atoms with Gasteiger partial charge in [-0.15, -0.1) is 0 Å². The van der Waals surface area contributed by atoms with Crippen molar-refractivity contribution in [2.45, 2.75) is 0 Å². The molecule has 0 unspecified atom stereocenters. The number of para-hydroxylation sites is 1. The summed E-state index contributed by atoms with van der Waals surface area (Å²) in [6.45, 7) is 0. The minimum Gasteiger partial charge on any atom is -0.465 e. The fourth-order valence-electron chi connectivity index (χ4n) is 3.20. The molecule has 0 spiro atoms. The number of halogens is 1. The zero-order valence-corrected chi connectivity index (χ0v) is 18.5. The fraction of sp³-hybridized carbons (Fsp3) is 0.0400. The van der Waals surface area contributed by atoms with Gasteiger partial charge in [0.15, 0.2) is 0 Å². The lowest BCUT2D eigenvalue weighted by atomic mass is 10.2. The maximum atomic E-state index is 12.8. The summed E-state index contributed by atoms with van der Waals surface area (Å²) in [6.07, 6.45) is 0. The van der Waals surface area contributed by atoms with Gasteiger partial charge in [0.1, 0.15) is 16.5 Å². The lowest BCUT2D eigenvalue weighted by molar-refractivity contribution is -0.120. The zero-order valence-electron chi connectivity index (χ0n) is 17.8. The number of imide groups is 1. The van der Waals surface area contributed by atoms with Crippen LogP contribution in [0.3, 0.4) is 0 Å². The van der Waals surface area contributed by atoms with Crippen molar-refractivity contribution < 1.29 is 28.7 Å². The summed E-state index contributed by atoms with van der Waals surface area (Å²) < 4.78 is 9.93. The van der Waals surface area contributed by atoms with Crippen LogP contribution in [0.15, 0.2) is 89.6 Å². The highest BCUT2D eigenvalue weighted by Crippen LogP contribution is 2.30. The molecule has 0 aliphatic carbocycles. The summed E-state index contributed by atoms with van der Waals surface area (Å²) in [4.78, 5) is 50.2. The van der Waals surface area contributed by atoms with Crippen LogP contribution in [0.1, 0.15) is 20.7 Å². The maximum Gasteiger partial charge on any atom is 0.343 e. The van der Waals surface area contributed by atoms with Gasteiger partial charge in [-0.2, -0.15) is 0 Å². The van der Waals surface area contributed by atoms with Gasteiger partial charge in [-0.25, -0.2) is 14.5 Å². The van der Waals surface area contributed by atoms with Gasteiger partial charge in [-0.1, -0.05) is 29.8 Å². The minimum absolute atomic E-state index is 0.0588. The van der Waals surface area contributed by atoms with Gasteiger partial charge in [0.25, 0.3) is 11.8 Å². The van der Waals surface area contributed by atoms with Gasteiger partial charge in [0, 0.05) is 5.69 Å². The number of esters is 2. The Hall–Kier alpha value is -4.43. The highest BCUT2D eigenvalue weighted by atomic mass is 35.5. The Morgan fingerprint density at radius 1 is 0.794 bits per heavy atom. The normalized spacial score (nSPS) is 13.2. The Balaban J connectivity index is 1.43. The molecule has 0 atom stereocenters. The fourth-order valence-corrected chi connectivity index (χ4v) is 3.41. The number of anilines is 2. The summed E-state index contributed by atoms with van der Waals surface area (Å²) in [5, 5.41) is 2.62. The van der Waals surface area contributed by atoms with Crippen LogP contribution >= 0.6 is 11.6 Å². The summed E-state index contributed by atoms with van der Waals surface area (Å²) in [5.74, 6) is -2.06. The molecule has 170 valence electrons. The molecule has 4 rings (SSSR count). The molecule has 0 saturated heterocycles. The van der Waals surface area contributed by atoms with Gasteiger partial charge < -0.3 is 14.8 Å². The molecular weight excluding hydrogens is 460 g/mol. The molecule has 0 radical (unpaired) electrons. The van der Waals surface area contributed by atoms with Gasteiger partial charge >= 0.3 is 11.9 Å². The second kappa shape index (κ2) is 9.60. The standard InChI is InChI=1S/C25H17ClN2O6/c1-33-24(31)15-9-13-19(14-10-15)34-25(32)16-7-11-17(12-8-16)27-21-20(26)22(29)28(23(21)30)18-5-3-2-4-6-18/h2-14,27H,1H3. The van der Waals surface area contributed by atoms with Crippen molar-refractivity contribution in [3.8, 4) is 5.75 Å². The minimum atomic E-state index is -0.626. The first kappa shape index (κ1) is 22.8. The van der Waals surface area contributed by atoms with E-state index in [9.17, 15) is 19.2 Å². The number of amides is 2. The molecule has 34 heavy (non-hydrogen) atoms. The number of nitrogens with one attached hydrogen (secondary N) is 1. The number of nitrogens with zero attached hydrogens (tertiary/aromatic N) is 1. The first-order valence-electron chi connectivity index (χ1n) is 10.0. The van der Waals surface area contributed by atoms with Gasteiger partial charge in [-0.05, 0) is 60.7 Å². The molecule has 8 nitrogen and oxygen atoms in total. The molecule has 1 aliphatic rings. The molecule has 2 amide bonds. The number of hydrogen-bond acceptors (Lipinski definition) is 7. The molecule has 0 aromatic heterocycles. The van der Waals surface area contributed by atoms with E-state index >= 15 is 0 Å². The predicted octanol–water partition coefficient (Wildman–Crippen LogP) is 4.13. The lowest BCUT2D eigenvalue weighted by Gasteiger charge is -2.14. The first-order chi connectivity index (χ1) is 16.4. The van der Waals surface area contributed by atoms with E-state index in [1.165, 1.54) is 43.5 Å². The lowest BCUT2D eigenvalue weighted by Crippen LogP contribution is -2.32. The van der Waals surface area contributed by atoms with E-state index in [1.807, 2.05) is 0 Å². The molecule has 0 saturated carbocycles. The van der Waals surface area contributed by atoms with Crippen LogP contribution in [0.2, 0.25) is 0 Å². The molecule has 0 fully saturated rings. The second-order valence-electron chi connectivity index (χ2n) is 7.08. The first-order valence-corrected chi connectivity index (χ1v) is 10.4. The molecule has 1 aliphatic heterocycles. The van der Waals surface area contributed by atoms with Gasteiger partial charge in [0.2, 0.25) is 0 Å². The Bertz CT molecular complexity index is 1300. The van der Waals surface area contributed by atoms with E-state index in [4.69, 9.17) is 16.3 Å². The Morgan fingerprint density at radius 3 is 2.00 bits per heavy atom. The van der Waals surface area contributed by atoms with E-state index in [1.54, 1.807) is 42.5 Å². The molecule has 1 N–H and O–H groups in total. The molecular formula is C25H17ClN2O6. The summed E-state index contributed by atoms with van der Waals surface area (Å²) in [7, 11) is 1.28. The van der Waals surface area contributed by atoms with Crippen molar-refractivity contribution in [1.82, 2.24) is 0 Å². The number of ether oxygens (including phenoxy) is 2. The molecule has 0 bridgehead atoms. The Labute approximate surface area is 199 Å². The van der Waals surface area contributed by atoms with Crippen molar-refractivity contribution in [3.05, 3.63) is 101 Å². The third-order valence-corrected chi connectivity index (χ3v) is 5.27. The van der Waals surface area contributed by atoms with Crippen molar-refractivity contribution in [3.63, 3.8) is 0 Å². The smallest absolute Gasteiger partial charge is 0.343 e. The second-order valence-corrected chi connectivity index (χ2v) is 7.46. The topological polar surface area (TPSA) is 102 Å². The number of hydrogen-bond donors (Lipinski definition) is 1. The van der Waals surface area contributed by atoms with E-state index in [-0.39, 0.29) is 22.0 Å². The van der Waals surface area contributed by atoms with Crippen LogP contribution in [0.25, 0.3) is 0 Å². The Morgan fingerprint density at radius 2 is 1.38 bits per heavy atom. The van der Waals surface area contributed by atoms with Crippen LogP contribution in [0.4, 0.5) is 11.4 Å². The third kappa shape index (κ3) is 4.53. The van der Waals surface area contributed by atoms with E-state index in [0.717, 1.165) is 4.90 Å². The molecule has 1 heterocycles. The maximum absolute atomic E-state index is 12.8. The van der Waals surface area contributed by atoms with Crippen LogP contribution < -0.4 is 15.0 Å². The van der Waals surface area contributed by atoms with Crippen molar-refractivity contribution in [2.24, 2.45) is 0 Å². The highest BCUT2D eigenvalue weighted by Gasteiger charge is 2.38. The van der Waals surface area contributed by atoms with Crippen LogP contribution in [0.5, 0.6) is 5.75 Å². The zero-order chi connectivity index (χ0) is 24.2. The molecule has 9 heteroatoms. The average Bonchev–Trinajstić information content (AvgIpc) is 3.07. The highest BCUT2D eigenvalue weighted by molar-refractivity contribution is 6.53. The summed E-state index contributed by atoms with van der Waals surface area (Å²) >= 11 is 6.13. The van der Waals surface area contributed by atoms with Crippen molar-refractivity contribution in [1.29, 1.82) is 0 Å². The summed E-state index contributed by atoms with van der Waals surface area (Å²) in [6, 6.07) is 20.5. The van der Waals surface area contributed by atoms with E-state index in [0.29, 0.717) is 16.9 Å². The van der Waals surface area contributed by atoms with Crippen molar-refractivity contribution >= 4 is 46.7 Å². The van der Waals surface area contributed by atoms with Gasteiger partial charge in [0.05, 0.1) is 23.9 Å². The van der Waals surface area contributed by atoms with Crippen LogP contribution in [-0.4, -0.2) is 30.9 Å². The van der Waals surface area contributed by atoms with Crippen LogP contribution in [-0.2, 0) is 14.3 Å². The van der Waals surface area contributed by atoms with Gasteiger partial charge in [-0.3, -0.25) is 9.59 Å². The van der Waals surface area contributed by atoms with E-state index in [2.05, 4.69) is 10.1 Å². The molecule has 3 aromatic rings. The third-order valence-electron chi connectivity index (χ3n) is 4.92. The average molecular weight is 477 g/mol. The number of methoxy groups -OCH3 is 1. The number of carbonyl (C=O) groups excluding carboxylic acids is 4. The number of carbonyl (C=O) groups is 4. The predicted molar refractivity (Wildman–Crippen MR) is 125 cm³/mol. The monoisotopic (exact) mass is 476 g/mol. The largest absolute Gasteiger partial charge is 0.465 e. The Kier molecular flexibility index (Phi) is 6.42.